The Kier molecular flexibility index (Phi) is 7.33. The molecule has 6 nitrogen and oxygen atoms in total. The molecule has 1 heterocycles. The molecule has 2 amide bonds. The van der Waals surface area contributed by atoms with Gasteiger partial charge in [-0.25, -0.2) is 4.79 Å². The predicted octanol–water partition coefficient (Wildman–Crippen LogP) is 5.12. The molecule has 0 spiro atoms. The lowest BCUT2D eigenvalue weighted by atomic mass is 9.82. The van der Waals surface area contributed by atoms with Gasteiger partial charge < -0.3 is 19.9 Å². The molecule has 0 bridgehead atoms. The Morgan fingerprint density at radius 3 is 1.97 bits per heavy atom. The molecule has 0 aromatic heterocycles. The van der Waals surface area contributed by atoms with E-state index in [2.05, 4.69) is 10.2 Å². The molecule has 0 radical (unpaired) electrons. The summed E-state index contributed by atoms with van der Waals surface area (Å²) in [4.78, 5) is 28.4. The first-order valence-electron chi connectivity index (χ1n) is 10.5. The van der Waals surface area contributed by atoms with Crippen molar-refractivity contribution >= 4 is 35.0 Å². The van der Waals surface area contributed by atoms with E-state index in [0.717, 1.165) is 24.5 Å². The first kappa shape index (κ1) is 24.3. The molecule has 1 aliphatic heterocycles. The number of nitrogens with one attached hydrogen (secondary N) is 1. The molecular formula is C23H36ClN3O3. The van der Waals surface area contributed by atoms with E-state index in [1.165, 1.54) is 0 Å². The molecule has 1 fully saturated rings. The summed E-state index contributed by atoms with van der Waals surface area (Å²) in [5, 5.41) is 2.99. The van der Waals surface area contributed by atoms with Crippen LogP contribution in [0.3, 0.4) is 0 Å². The second-order valence-corrected chi connectivity index (χ2v) is 11.3. The van der Waals surface area contributed by atoms with Gasteiger partial charge in [0.1, 0.15) is 5.60 Å². The number of nitrogens with zero attached hydrogens (tertiary/aromatic N) is 2. The Morgan fingerprint density at radius 2 is 1.50 bits per heavy atom. The van der Waals surface area contributed by atoms with E-state index in [-0.39, 0.29) is 12.0 Å². The van der Waals surface area contributed by atoms with Crippen LogP contribution in [0, 0.1) is 5.41 Å². The highest BCUT2D eigenvalue weighted by molar-refractivity contribution is 6.23. The Labute approximate surface area is 185 Å². The summed E-state index contributed by atoms with van der Waals surface area (Å²) >= 11 is 6.31. The van der Waals surface area contributed by atoms with Gasteiger partial charge in [0.2, 0.25) is 5.91 Å². The van der Waals surface area contributed by atoms with Crippen LogP contribution in [-0.2, 0) is 9.53 Å². The second kappa shape index (κ2) is 9.04. The number of hydrogen-bond acceptors (Lipinski definition) is 4. The maximum Gasteiger partial charge on any atom is 0.410 e. The van der Waals surface area contributed by atoms with Crippen LogP contribution >= 0.6 is 11.6 Å². The van der Waals surface area contributed by atoms with Gasteiger partial charge in [-0.15, -0.1) is 11.6 Å². The number of alkyl halides is 1. The smallest absolute Gasteiger partial charge is 0.410 e. The van der Waals surface area contributed by atoms with Crippen LogP contribution in [0.5, 0.6) is 0 Å². The van der Waals surface area contributed by atoms with Gasteiger partial charge >= 0.3 is 6.09 Å². The van der Waals surface area contributed by atoms with Crippen molar-refractivity contribution in [1.82, 2.24) is 4.90 Å². The molecule has 168 valence electrons. The molecule has 7 heteroatoms. The van der Waals surface area contributed by atoms with E-state index in [1.54, 1.807) is 4.90 Å². The van der Waals surface area contributed by atoms with Crippen LogP contribution in [0.1, 0.15) is 54.9 Å². The number of halogens is 1. The number of anilines is 2. The first-order chi connectivity index (χ1) is 13.7. The van der Waals surface area contributed by atoms with Crippen molar-refractivity contribution < 1.29 is 14.3 Å². The zero-order valence-electron chi connectivity index (χ0n) is 19.3. The average molecular weight is 438 g/mol. The van der Waals surface area contributed by atoms with Gasteiger partial charge in [-0.05, 0) is 65.3 Å². The second-order valence-electron chi connectivity index (χ2n) is 10.2. The lowest BCUT2D eigenvalue weighted by Crippen LogP contribution is -2.50. The van der Waals surface area contributed by atoms with Crippen LogP contribution in [0.15, 0.2) is 24.3 Å². The average Bonchev–Trinajstić information content (AvgIpc) is 2.59. The van der Waals surface area contributed by atoms with E-state index in [9.17, 15) is 9.59 Å². The van der Waals surface area contributed by atoms with E-state index in [1.807, 2.05) is 72.7 Å². The van der Waals surface area contributed by atoms with Crippen molar-refractivity contribution in [3.63, 3.8) is 0 Å². The van der Waals surface area contributed by atoms with Crippen LogP contribution in [0.25, 0.3) is 0 Å². The summed E-state index contributed by atoms with van der Waals surface area (Å²) in [6, 6.07) is 7.82. The number of carbonyl (C=O) groups excluding carboxylic acids is 2. The molecule has 1 aliphatic rings. The molecule has 30 heavy (non-hydrogen) atoms. The first-order valence-corrected chi connectivity index (χ1v) is 10.9. The van der Waals surface area contributed by atoms with Gasteiger partial charge in [0.15, 0.2) is 0 Å². The quantitative estimate of drug-likeness (QED) is 0.649. The van der Waals surface area contributed by atoms with E-state index < -0.39 is 15.9 Å². The molecule has 0 unspecified atom stereocenters. The van der Waals surface area contributed by atoms with Crippen molar-refractivity contribution in [3.8, 4) is 0 Å². The Hall–Kier alpha value is -1.95. The predicted molar refractivity (Wildman–Crippen MR) is 123 cm³/mol. The highest BCUT2D eigenvalue weighted by Crippen LogP contribution is 2.33. The number of piperazine rings is 1. The van der Waals surface area contributed by atoms with Gasteiger partial charge in [0.05, 0.1) is 0 Å². The van der Waals surface area contributed by atoms with Crippen molar-refractivity contribution in [2.75, 3.05) is 36.4 Å². The lowest BCUT2D eigenvalue weighted by molar-refractivity contribution is -0.124. The molecule has 0 saturated carbocycles. The molecule has 1 N–H and O–H groups in total. The molecule has 0 aliphatic carbocycles. The minimum Gasteiger partial charge on any atom is -0.444 e. The van der Waals surface area contributed by atoms with E-state index in [4.69, 9.17) is 16.3 Å². The lowest BCUT2D eigenvalue weighted by Gasteiger charge is -2.36. The third kappa shape index (κ3) is 7.38. The van der Waals surface area contributed by atoms with Crippen molar-refractivity contribution in [2.24, 2.45) is 5.41 Å². The summed E-state index contributed by atoms with van der Waals surface area (Å²) < 4.78 is 5.45. The number of rotatable bonds is 5. The summed E-state index contributed by atoms with van der Waals surface area (Å²) in [5.74, 6) is -0.0463. The number of hydrogen-bond donors (Lipinski definition) is 1. The third-order valence-corrected chi connectivity index (χ3v) is 5.03. The molecule has 1 aromatic rings. The molecular weight excluding hydrogens is 402 g/mol. The number of ether oxygens (including phenoxy) is 1. The molecule has 1 aromatic carbocycles. The summed E-state index contributed by atoms with van der Waals surface area (Å²) in [6.07, 6.45) is 0.316. The van der Waals surface area contributed by atoms with Crippen molar-refractivity contribution in [1.29, 1.82) is 0 Å². The Bertz CT molecular complexity index is 740. The maximum absolute atomic E-state index is 12.7. The Morgan fingerprint density at radius 1 is 0.967 bits per heavy atom. The van der Waals surface area contributed by atoms with Crippen molar-refractivity contribution in [2.45, 2.75) is 65.4 Å². The number of amides is 2. The summed E-state index contributed by atoms with van der Waals surface area (Å²) in [6.45, 7) is 16.0. The van der Waals surface area contributed by atoms with Crippen LogP contribution in [-0.4, -0.2) is 53.6 Å². The van der Waals surface area contributed by atoms with Gasteiger partial charge in [-0.1, -0.05) is 13.8 Å². The standard InChI is InChI=1S/C23H36ClN3O3/c1-21(2,3)30-20(29)27-14-12-26(13-15-27)18-10-8-17(9-11-18)25-19(28)22(4,5)16-23(6,7)24/h8-11H,12-16H2,1-7H3,(H,25,28). The fraction of sp³-hybridized carbons (Fsp3) is 0.652. The van der Waals surface area contributed by atoms with Crippen LogP contribution in [0.4, 0.5) is 16.2 Å². The third-order valence-electron chi connectivity index (χ3n) is 4.90. The monoisotopic (exact) mass is 437 g/mol. The largest absolute Gasteiger partial charge is 0.444 e. The number of benzene rings is 1. The fourth-order valence-electron chi connectivity index (χ4n) is 3.66. The summed E-state index contributed by atoms with van der Waals surface area (Å²) in [7, 11) is 0. The van der Waals surface area contributed by atoms with Gasteiger partial charge in [0, 0.05) is 47.8 Å². The molecule has 2 rings (SSSR count). The summed E-state index contributed by atoms with van der Waals surface area (Å²) in [5.41, 5.74) is 0.777. The van der Waals surface area contributed by atoms with Gasteiger partial charge in [-0.3, -0.25) is 4.79 Å². The maximum atomic E-state index is 12.7. The van der Waals surface area contributed by atoms with Crippen LogP contribution in [0.2, 0.25) is 0 Å². The highest BCUT2D eigenvalue weighted by atomic mass is 35.5. The van der Waals surface area contributed by atoms with Gasteiger partial charge in [-0.2, -0.15) is 0 Å². The highest BCUT2D eigenvalue weighted by Gasteiger charge is 2.33. The number of carbonyl (C=O) groups is 2. The zero-order chi connectivity index (χ0) is 22.7. The topological polar surface area (TPSA) is 61.9 Å². The fourth-order valence-corrected chi connectivity index (χ4v) is 3.99. The SMILES string of the molecule is CC(C)(Cl)CC(C)(C)C(=O)Nc1ccc(N2CCN(C(=O)OC(C)(C)C)CC2)cc1. The van der Waals surface area contributed by atoms with Gasteiger partial charge in [0.25, 0.3) is 0 Å². The van der Waals surface area contributed by atoms with Crippen molar-refractivity contribution in [3.05, 3.63) is 24.3 Å². The minimum absolute atomic E-state index is 0.0463. The van der Waals surface area contributed by atoms with Crippen LogP contribution < -0.4 is 10.2 Å². The molecule has 0 atom stereocenters. The Balaban J connectivity index is 1.91. The normalized spacial score (nSPS) is 15.7. The van der Waals surface area contributed by atoms with E-state index in [0.29, 0.717) is 19.5 Å². The van der Waals surface area contributed by atoms with E-state index >= 15 is 0 Å². The zero-order valence-corrected chi connectivity index (χ0v) is 20.1. The minimum atomic E-state index is -0.568. The molecule has 1 saturated heterocycles.